The van der Waals surface area contributed by atoms with Crippen LogP contribution in [-0.4, -0.2) is 9.78 Å². The Balaban J connectivity index is 1.71. The number of hydrogen-bond donors (Lipinski definition) is 1. The highest BCUT2D eigenvalue weighted by Gasteiger charge is 2.38. The minimum Gasteiger partial charge on any atom is -0.383 e. The highest BCUT2D eigenvalue weighted by Crippen LogP contribution is 2.51. The summed E-state index contributed by atoms with van der Waals surface area (Å²) in [6.45, 7) is 0. The average Bonchev–Trinajstić information content (AvgIpc) is 2.91. The van der Waals surface area contributed by atoms with Gasteiger partial charge in [-0.2, -0.15) is 5.10 Å². The average molecular weight is 254 g/mol. The van der Waals surface area contributed by atoms with E-state index in [1.807, 2.05) is 4.68 Å². The largest absolute Gasteiger partial charge is 0.383 e. The lowest BCUT2D eigenvalue weighted by molar-refractivity contribution is 0.153. The monoisotopic (exact) mass is 253 g/mol. The smallest absolute Gasteiger partial charge is 0.140 e. The molecule has 0 atom stereocenters. The summed E-state index contributed by atoms with van der Waals surface area (Å²) in [5.41, 5.74) is 6.62. The fourth-order valence-electron chi connectivity index (χ4n) is 3.73. The molecule has 0 aliphatic heterocycles. The molecule has 3 nitrogen and oxygen atoms in total. The zero-order valence-corrected chi connectivity index (χ0v) is 10.9. The second-order valence-electron chi connectivity index (χ2n) is 5.76. The van der Waals surface area contributed by atoms with Gasteiger partial charge in [0.05, 0.1) is 12.2 Å². The van der Waals surface area contributed by atoms with Gasteiger partial charge in [-0.1, -0.05) is 24.4 Å². The first-order chi connectivity index (χ1) is 8.20. The molecule has 1 aromatic heterocycles. The molecule has 2 aliphatic rings. The number of nitrogens with two attached hydrogens (primary N) is 1. The lowest BCUT2D eigenvalue weighted by Crippen LogP contribution is -2.27. The molecule has 2 aliphatic carbocycles. The molecule has 1 aromatic rings. The fourth-order valence-corrected chi connectivity index (χ4v) is 3.86. The Morgan fingerprint density at radius 3 is 2.41 bits per heavy atom. The molecule has 17 heavy (non-hydrogen) atoms. The molecule has 4 heteroatoms. The van der Waals surface area contributed by atoms with Gasteiger partial charge in [-0.15, -0.1) is 0 Å². The van der Waals surface area contributed by atoms with Crippen LogP contribution < -0.4 is 5.73 Å². The Hall–Kier alpha value is -0.700. The molecule has 0 aromatic carbocycles. The molecule has 0 unspecified atom stereocenters. The van der Waals surface area contributed by atoms with Crippen molar-refractivity contribution in [3.63, 3.8) is 0 Å². The van der Waals surface area contributed by atoms with E-state index in [1.165, 1.54) is 51.4 Å². The molecule has 1 spiro atoms. The van der Waals surface area contributed by atoms with Crippen LogP contribution in [0.1, 0.15) is 57.4 Å². The number of anilines is 1. The van der Waals surface area contributed by atoms with Crippen molar-refractivity contribution in [1.82, 2.24) is 9.78 Å². The summed E-state index contributed by atoms with van der Waals surface area (Å²) in [7, 11) is 0. The number of nitrogen functional groups attached to an aromatic ring is 1. The van der Waals surface area contributed by atoms with Crippen molar-refractivity contribution in [2.24, 2.45) is 5.41 Å². The Morgan fingerprint density at radius 1 is 1.24 bits per heavy atom. The lowest BCUT2D eigenvalue weighted by atomic mass is 9.71. The molecular formula is C13H20ClN3. The number of nitrogens with zero attached hydrogens (tertiary/aromatic N) is 2. The van der Waals surface area contributed by atoms with E-state index >= 15 is 0 Å². The van der Waals surface area contributed by atoms with Crippen molar-refractivity contribution in [1.29, 1.82) is 0 Å². The Bertz CT molecular complexity index is 397. The van der Waals surface area contributed by atoms with E-state index in [0.717, 1.165) is 0 Å². The standard InChI is InChI=1S/C13H20ClN3/c14-11-9-16-17(12(11)15)10-3-7-13(8-4-10)5-1-2-6-13/h9-10H,1-8,15H2. The molecular weight excluding hydrogens is 234 g/mol. The van der Waals surface area contributed by atoms with Gasteiger partial charge in [0.1, 0.15) is 10.8 Å². The highest BCUT2D eigenvalue weighted by molar-refractivity contribution is 6.32. The van der Waals surface area contributed by atoms with Crippen LogP contribution >= 0.6 is 11.6 Å². The van der Waals surface area contributed by atoms with Crippen LogP contribution in [0.2, 0.25) is 5.02 Å². The van der Waals surface area contributed by atoms with Crippen molar-refractivity contribution in [3.8, 4) is 0 Å². The van der Waals surface area contributed by atoms with E-state index in [9.17, 15) is 0 Å². The summed E-state index contributed by atoms with van der Waals surface area (Å²) in [5.74, 6) is 0.638. The van der Waals surface area contributed by atoms with Gasteiger partial charge in [-0.25, -0.2) is 4.68 Å². The topological polar surface area (TPSA) is 43.8 Å². The summed E-state index contributed by atoms with van der Waals surface area (Å²) in [6, 6.07) is 0.466. The minimum atomic E-state index is 0.466. The van der Waals surface area contributed by atoms with Gasteiger partial charge in [0, 0.05) is 0 Å². The van der Waals surface area contributed by atoms with Gasteiger partial charge >= 0.3 is 0 Å². The van der Waals surface area contributed by atoms with E-state index in [-0.39, 0.29) is 0 Å². The van der Waals surface area contributed by atoms with Gasteiger partial charge in [0.25, 0.3) is 0 Å². The Kier molecular flexibility index (Phi) is 2.81. The van der Waals surface area contributed by atoms with E-state index in [0.29, 0.717) is 22.3 Å². The predicted octanol–water partition coefficient (Wildman–Crippen LogP) is 3.79. The number of hydrogen-bond acceptors (Lipinski definition) is 2. The molecule has 94 valence electrons. The zero-order chi connectivity index (χ0) is 11.9. The van der Waals surface area contributed by atoms with E-state index < -0.39 is 0 Å². The molecule has 2 N–H and O–H groups in total. The second-order valence-corrected chi connectivity index (χ2v) is 6.17. The maximum Gasteiger partial charge on any atom is 0.140 e. The van der Waals surface area contributed by atoms with Gasteiger partial charge in [0.2, 0.25) is 0 Å². The first-order valence-corrected chi connectivity index (χ1v) is 7.07. The summed E-state index contributed by atoms with van der Waals surface area (Å²) in [6.07, 6.45) is 12.5. The third-order valence-corrected chi connectivity index (χ3v) is 5.10. The van der Waals surface area contributed by atoms with Gasteiger partial charge in [-0.3, -0.25) is 0 Å². The van der Waals surface area contributed by atoms with Crippen LogP contribution in [0.15, 0.2) is 6.20 Å². The van der Waals surface area contributed by atoms with Crippen LogP contribution in [-0.2, 0) is 0 Å². The quantitative estimate of drug-likeness (QED) is 0.828. The SMILES string of the molecule is Nc1c(Cl)cnn1C1CCC2(CCCC2)CC1. The summed E-state index contributed by atoms with van der Waals surface area (Å²) < 4.78 is 1.93. The number of aromatic nitrogens is 2. The van der Waals surface area contributed by atoms with Crippen molar-refractivity contribution >= 4 is 17.4 Å². The van der Waals surface area contributed by atoms with Gasteiger partial charge in [-0.05, 0) is 43.9 Å². The highest BCUT2D eigenvalue weighted by atomic mass is 35.5. The molecule has 1 heterocycles. The Labute approximate surface area is 107 Å². The summed E-state index contributed by atoms with van der Waals surface area (Å²) >= 11 is 5.96. The van der Waals surface area contributed by atoms with Gasteiger partial charge < -0.3 is 5.73 Å². The molecule has 3 rings (SSSR count). The first kappa shape index (κ1) is 11.4. The number of rotatable bonds is 1. The van der Waals surface area contributed by atoms with Crippen molar-refractivity contribution in [2.75, 3.05) is 5.73 Å². The molecule has 2 fully saturated rings. The lowest BCUT2D eigenvalue weighted by Gasteiger charge is -2.37. The molecule has 2 saturated carbocycles. The van der Waals surface area contributed by atoms with Crippen LogP contribution in [0.3, 0.4) is 0 Å². The molecule has 0 radical (unpaired) electrons. The van der Waals surface area contributed by atoms with Crippen LogP contribution in [0.4, 0.5) is 5.82 Å². The molecule has 0 amide bonds. The van der Waals surface area contributed by atoms with Crippen LogP contribution in [0.5, 0.6) is 0 Å². The van der Waals surface area contributed by atoms with Gasteiger partial charge in [0.15, 0.2) is 0 Å². The maximum absolute atomic E-state index is 5.96. The minimum absolute atomic E-state index is 0.466. The van der Waals surface area contributed by atoms with Crippen LogP contribution in [0.25, 0.3) is 0 Å². The normalized spacial score (nSPS) is 24.5. The van der Waals surface area contributed by atoms with E-state index in [2.05, 4.69) is 5.10 Å². The maximum atomic E-state index is 5.96. The molecule has 0 bridgehead atoms. The third kappa shape index (κ3) is 1.95. The van der Waals surface area contributed by atoms with E-state index in [4.69, 9.17) is 17.3 Å². The third-order valence-electron chi connectivity index (χ3n) is 4.81. The fraction of sp³-hybridized carbons (Fsp3) is 0.769. The predicted molar refractivity (Wildman–Crippen MR) is 70.1 cm³/mol. The number of halogens is 1. The first-order valence-electron chi connectivity index (χ1n) is 6.69. The van der Waals surface area contributed by atoms with Crippen LogP contribution in [0, 0.1) is 5.41 Å². The zero-order valence-electron chi connectivity index (χ0n) is 10.2. The van der Waals surface area contributed by atoms with Crippen molar-refractivity contribution in [2.45, 2.75) is 57.4 Å². The second kappa shape index (κ2) is 4.20. The van der Waals surface area contributed by atoms with Crippen molar-refractivity contribution in [3.05, 3.63) is 11.2 Å². The Morgan fingerprint density at radius 2 is 1.88 bits per heavy atom. The molecule has 0 saturated heterocycles. The van der Waals surface area contributed by atoms with Crippen molar-refractivity contribution < 1.29 is 0 Å². The summed E-state index contributed by atoms with van der Waals surface area (Å²) in [5, 5.41) is 4.90. The summed E-state index contributed by atoms with van der Waals surface area (Å²) in [4.78, 5) is 0. The van der Waals surface area contributed by atoms with E-state index in [1.54, 1.807) is 6.20 Å².